The maximum Gasteiger partial charge on any atom is 0.0522 e. The van der Waals surface area contributed by atoms with E-state index < -0.39 is 0 Å². The Morgan fingerprint density at radius 2 is 2.05 bits per heavy atom. The predicted octanol–water partition coefficient (Wildman–Crippen LogP) is 1.45. The van der Waals surface area contributed by atoms with Gasteiger partial charge in [-0.05, 0) is 37.9 Å². The average molecular weight is 279 g/mol. The van der Waals surface area contributed by atoms with Gasteiger partial charge in [-0.3, -0.25) is 20.9 Å². The number of nitrogens with two attached hydrogens (primary N) is 1. The molecular formula is C15H29N5. The summed E-state index contributed by atoms with van der Waals surface area (Å²) in [5.41, 5.74) is 4.57. The first kappa shape index (κ1) is 15.5. The van der Waals surface area contributed by atoms with E-state index in [-0.39, 0.29) is 11.6 Å². The standard InChI is InChI=1S/C15H29N5/c1-4-20(5-2)15(8-6-7-9-15)14(18-16)10-13-11-17-19(3)12-13/h11-12,14,18H,4-10,16H2,1-3H3. The summed E-state index contributed by atoms with van der Waals surface area (Å²) < 4.78 is 1.86. The zero-order valence-corrected chi connectivity index (χ0v) is 13.1. The van der Waals surface area contributed by atoms with Crippen molar-refractivity contribution < 1.29 is 0 Å². The van der Waals surface area contributed by atoms with Gasteiger partial charge in [0.1, 0.15) is 0 Å². The van der Waals surface area contributed by atoms with Crippen molar-refractivity contribution in [2.24, 2.45) is 12.9 Å². The number of rotatable bonds is 7. The zero-order chi connectivity index (χ0) is 14.6. The Hall–Kier alpha value is -0.910. The van der Waals surface area contributed by atoms with Crippen LogP contribution >= 0.6 is 0 Å². The maximum atomic E-state index is 5.94. The van der Waals surface area contributed by atoms with Gasteiger partial charge in [-0.2, -0.15) is 5.10 Å². The van der Waals surface area contributed by atoms with E-state index in [1.165, 1.54) is 31.2 Å². The van der Waals surface area contributed by atoms with Crippen LogP contribution in [0.25, 0.3) is 0 Å². The van der Waals surface area contributed by atoms with E-state index in [0.29, 0.717) is 0 Å². The fourth-order valence-electron chi connectivity index (χ4n) is 3.94. The highest BCUT2D eigenvalue weighted by molar-refractivity contribution is 5.12. The molecule has 1 aromatic rings. The molecular weight excluding hydrogens is 250 g/mol. The van der Waals surface area contributed by atoms with Crippen molar-refractivity contribution in [3.05, 3.63) is 18.0 Å². The highest BCUT2D eigenvalue weighted by atomic mass is 15.3. The largest absolute Gasteiger partial charge is 0.297 e. The fraction of sp³-hybridized carbons (Fsp3) is 0.800. The van der Waals surface area contributed by atoms with Gasteiger partial charge >= 0.3 is 0 Å². The van der Waals surface area contributed by atoms with Gasteiger partial charge < -0.3 is 0 Å². The molecule has 0 radical (unpaired) electrons. The van der Waals surface area contributed by atoms with Gasteiger partial charge in [0.25, 0.3) is 0 Å². The number of aromatic nitrogens is 2. The molecule has 0 spiro atoms. The lowest BCUT2D eigenvalue weighted by atomic mass is 9.83. The summed E-state index contributed by atoms with van der Waals surface area (Å²) in [6, 6.07) is 0.286. The quantitative estimate of drug-likeness (QED) is 0.586. The molecule has 5 nitrogen and oxygen atoms in total. The summed E-state index contributed by atoms with van der Waals surface area (Å²) in [6.45, 7) is 6.67. The third-order valence-corrected chi connectivity index (χ3v) is 4.91. The molecule has 2 rings (SSSR count). The number of hydrogen-bond acceptors (Lipinski definition) is 4. The Labute approximate surface area is 122 Å². The third-order valence-electron chi connectivity index (χ3n) is 4.91. The number of hydrazine groups is 1. The molecule has 20 heavy (non-hydrogen) atoms. The van der Waals surface area contributed by atoms with Crippen molar-refractivity contribution in [2.45, 2.75) is 57.5 Å². The number of likely N-dealkylation sites (N-methyl/N-ethyl adjacent to an activating group) is 1. The summed E-state index contributed by atoms with van der Waals surface area (Å²) in [7, 11) is 1.96. The van der Waals surface area contributed by atoms with Crippen molar-refractivity contribution >= 4 is 0 Å². The minimum Gasteiger partial charge on any atom is -0.297 e. The normalized spacial score (nSPS) is 19.6. The summed E-state index contributed by atoms with van der Waals surface area (Å²) >= 11 is 0. The Bertz CT molecular complexity index is 404. The molecule has 1 saturated carbocycles. The molecule has 1 heterocycles. The molecule has 1 unspecified atom stereocenters. The number of hydrogen-bond donors (Lipinski definition) is 2. The monoisotopic (exact) mass is 279 g/mol. The van der Waals surface area contributed by atoms with Gasteiger partial charge in [0.2, 0.25) is 0 Å². The van der Waals surface area contributed by atoms with Crippen LogP contribution in [0.2, 0.25) is 0 Å². The lowest BCUT2D eigenvalue weighted by Crippen LogP contribution is -2.62. The second-order valence-electron chi connectivity index (χ2n) is 5.93. The second-order valence-corrected chi connectivity index (χ2v) is 5.93. The first-order valence-electron chi connectivity index (χ1n) is 7.85. The predicted molar refractivity (Wildman–Crippen MR) is 82.1 cm³/mol. The van der Waals surface area contributed by atoms with Gasteiger partial charge in [-0.1, -0.05) is 26.7 Å². The smallest absolute Gasteiger partial charge is 0.0522 e. The van der Waals surface area contributed by atoms with Crippen LogP contribution in [0.4, 0.5) is 0 Å². The van der Waals surface area contributed by atoms with Gasteiger partial charge in [-0.15, -0.1) is 0 Å². The van der Waals surface area contributed by atoms with Gasteiger partial charge in [0, 0.05) is 24.8 Å². The molecule has 0 bridgehead atoms. The molecule has 114 valence electrons. The van der Waals surface area contributed by atoms with E-state index in [0.717, 1.165) is 19.5 Å². The molecule has 3 N–H and O–H groups in total. The maximum absolute atomic E-state index is 5.94. The van der Waals surface area contributed by atoms with Crippen molar-refractivity contribution in [1.29, 1.82) is 0 Å². The number of aryl methyl sites for hydroxylation is 1. The average Bonchev–Trinajstić information content (AvgIpc) is 3.07. The molecule has 0 saturated heterocycles. The van der Waals surface area contributed by atoms with E-state index in [4.69, 9.17) is 5.84 Å². The SMILES string of the molecule is CCN(CC)C1(C(Cc2cnn(C)c2)NN)CCCC1. The molecule has 0 aliphatic heterocycles. The van der Waals surface area contributed by atoms with Crippen molar-refractivity contribution in [3.8, 4) is 0 Å². The van der Waals surface area contributed by atoms with E-state index in [1.54, 1.807) is 0 Å². The van der Waals surface area contributed by atoms with E-state index in [9.17, 15) is 0 Å². The van der Waals surface area contributed by atoms with Crippen LogP contribution in [0, 0.1) is 0 Å². The van der Waals surface area contributed by atoms with Crippen LogP contribution in [-0.4, -0.2) is 39.4 Å². The molecule has 5 heteroatoms. The first-order chi connectivity index (χ1) is 9.66. The number of nitrogens with zero attached hydrogens (tertiary/aromatic N) is 3. The third kappa shape index (κ3) is 2.90. The van der Waals surface area contributed by atoms with Crippen molar-refractivity contribution in [2.75, 3.05) is 13.1 Å². The van der Waals surface area contributed by atoms with E-state index in [2.05, 4.69) is 35.5 Å². The molecule has 0 amide bonds. The Balaban J connectivity index is 2.21. The van der Waals surface area contributed by atoms with Crippen LogP contribution in [0.5, 0.6) is 0 Å². The zero-order valence-electron chi connectivity index (χ0n) is 13.1. The topological polar surface area (TPSA) is 59.1 Å². The minimum atomic E-state index is 0.202. The van der Waals surface area contributed by atoms with Crippen LogP contribution in [0.3, 0.4) is 0 Å². The molecule has 1 aliphatic carbocycles. The Kier molecular flexibility index (Phi) is 5.18. The van der Waals surface area contributed by atoms with Crippen molar-refractivity contribution in [1.82, 2.24) is 20.1 Å². The minimum absolute atomic E-state index is 0.202. The van der Waals surface area contributed by atoms with Gasteiger partial charge in [0.15, 0.2) is 0 Å². The van der Waals surface area contributed by atoms with E-state index in [1.807, 2.05) is 17.9 Å². The highest BCUT2D eigenvalue weighted by Crippen LogP contribution is 2.38. The molecule has 0 aromatic carbocycles. The van der Waals surface area contributed by atoms with Gasteiger partial charge in [0.05, 0.1) is 6.20 Å². The molecule has 1 aromatic heterocycles. The first-order valence-corrected chi connectivity index (χ1v) is 7.85. The van der Waals surface area contributed by atoms with Crippen LogP contribution in [0.1, 0.15) is 45.1 Å². The van der Waals surface area contributed by atoms with Crippen LogP contribution in [-0.2, 0) is 13.5 Å². The summed E-state index contributed by atoms with van der Waals surface area (Å²) in [5.74, 6) is 5.94. The lowest BCUT2D eigenvalue weighted by Gasteiger charge is -2.46. The summed E-state index contributed by atoms with van der Waals surface area (Å²) in [4.78, 5) is 2.60. The molecule has 1 aliphatic rings. The number of nitrogens with one attached hydrogen (secondary N) is 1. The second kappa shape index (κ2) is 6.70. The summed E-state index contributed by atoms with van der Waals surface area (Å²) in [6.07, 6.45) is 10.1. The Morgan fingerprint density at radius 3 is 2.50 bits per heavy atom. The lowest BCUT2D eigenvalue weighted by molar-refractivity contribution is 0.0630. The summed E-state index contributed by atoms with van der Waals surface area (Å²) in [5, 5.41) is 4.27. The highest BCUT2D eigenvalue weighted by Gasteiger charge is 2.44. The van der Waals surface area contributed by atoms with Crippen LogP contribution in [0.15, 0.2) is 12.4 Å². The van der Waals surface area contributed by atoms with Gasteiger partial charge in [-0.25, -0.2) is 0 Å². The Morgan fingerprint density at radius 1 is 1.40 bits per heavy atom. The van der Waals surface area contributed by atoms with Crippen LogP contribution < -0.4 is 11.3 Å². The van der Waals surface area contributed by atoms with E-state index >= 15 is 0 Å². The molecule has 1 fully saturated rings. The molecule has 1 atom stereocenters. The van der Waals surface area contributed by atoms with Crippen molar-refractivity contribution in [3.63, 3.8) is 0 Å². The fourth-order valence-corrected chi connectivity index (χ4v) is 3.94.